The summed E-state index contributed by atoms with van der Waals surface area (Å²) in [7, 11) is 0. The summed E-state index contributed by atoms with van der Waals surface area (Å²) in [5.74, 6) is 0.504. The van der Waals surface area contributed by atoms with Crippen LogP contribution in [0.25, 0.3) is 10.2 Å². The Morgan fingerprint density at radius 1 is 1.25 bits per heavy atom. The molecule has 6 nitrogen and oxygen atoms in total. The van der Waals surface area contributed by atoms with Crippen LogP contribution in [0.1, 0.15) is 62.1 Å². The van der Waals surface area contributed by atoms with Crippen molar-refractivity contribution in [2.24, 2.45) is 0 Å². The lowest BCUT2D eigenvalue weighted by Gasteiger charge is -2.19. The first-order chi connectivity index (χ1) is 13.8. The van der Waals surface area contributed by atoms with Gasteiger partial charge in [-0.2, -0.15) is 0 Å². The molecule has 1 atom stereocenters. The van der Waals surface area contributed by atoms with Crippen molar-refractivity contribution in [3.05, 3.63) is 47.2 Å². The minimum absolute atomic E-state index is 0.00910. The highest BCUT2D eigenvalue weighted by Crippen LogP contribution is 2.27. The molecule has 0 saturated carbocycles. The average Bonchev–Trinajstić information content (AvgIpc) is 3.45. The van der Waals surface area contributed by atoms with Gasteiger partial charge in [-0.3, -0.25) is 9.78 Å². The van der Waals surface area contributed by atoms with Crippen LogP contribution in [0.2, 0.25) is 0 Å². The highest BCUT2D eigenvalue weighted by atomic mass is 32.1. The number of nitrogens with zero attached hydrogens (tertiary/aromatic N) is 4. The number of hydrogen-bond donors (Lipinski definition) is 1. The van der Waals surface area contributed by atoms with Gasteiger partial charge in [-0.25, -0.2) is 9.97 Å². The Bertz CT molecular complexity index is 906. The summed E-state index contributed by atoms with van der Waals surface area (Å²) in [4.78, 5) is 28.3. The van der Waals surface area contributed by atoms with E-state index >= 15 is 0 Å². The van der Waals surface area contributed by atoms with Crippen LogP contribution in [0.3, 0.4) is 0 Å². The number of amides is 1. The largest absolute Gasteiger partial charge is 0.347 e. The van der Waals surface area contributed by atoms with Crippen molar-refractivity contribution in [2.75, 3.05) is 18.4 Å². The Morgan fingerprint density at radius 3 is 2.71 bits per heavy atom. The fourth-order valence-corrected chi connectivity index (χ4v) is 4.11. The molecule has 0 aromatic carbocycles. The molecule has 1 unspecified atom stereocenters. The molecule has 1 N–H and O–H groups in total. The monoisotopic (exact) mass is 397 g/mol. The number of anilines is 1. The second-order valence-electron chi connectivity index (χ2n) is 6.42. The molecule has 0 bridgehead atoms. The molecule has 4 heterocycles. The molecule has 4 rings (SSSR count). The van der Waals surface area contributed by atoms with Crippen LogP contribution in [0.5, 0.6) is 0 Å². The molecule has 7 heteroatoms. The molecule has 0 radical (unpaired) electrons. The van der Waals surface area contributed by atoms with Crippen LogP contribution in [0.15, 0.2) is 36.0 Å². The summed E-state index contributed by atoms with van der Waals surface area (Å²) >= 11 is 1.52. The van der Waals surface area contributed by atoms with E-state index in [1.165, 1.54) is 11.3 Å². The third-order valence-electron chi connectivity index (χ3n) is 4.70. The van der Waals surface area contributed by atoms with Crippen molar-refractivity contribution < 1.29 is 4.79 Å². The second-order valence-corrected chi connectivity index (χ2v) is 7.34. The van der Waals surface area contributed by atoms with Crippen LogP contribution in [0, 0.1) is 0 Å². The molecular weight excluding hydrogens is 370 g/mol. The number of carbonyl (C=O) groups excluding carboxylic acids is 1. The smallest absolute Gasteiger partial charge is 0.274 e. The van der Waals surface area contributed by atoms with Crippen LogP contribution in [-0.4, -0.2) is 38.8 Å². The van der Waals surface area contributed by atoms with Crippen molar-refractivity contribution in [1.29, 1.82) is 0 Å². The molecule has 148 valence electrons. The number of carbonyl (C=O) groups is 1. The first-order valence-corrected chi connectivity index (χ1v) is 10.8. The molecule has 1 fully saturated rings. The zero-order chi connectivity index (χ0) is 19.9. The zero-order valence-electron chi connectivity index (χ0n) is 16.7. The number of thiophene rings is 1. The molecule has 0 aliphatic carbocycles. The first kappa shape index (κ1) is 20.2. The van der Waals surface area contributed by atoms with E-state index in [-0.39, 0.29) is 11.9 Å². The van der Waals surface area contributed by atoms with Gasteiger partial charge < -0.3 is 10.2 Å². The molecule has 3 aromatic heterocycles. The van der Waals surface area contributed by atoms with E-state index in [1.54, 1.807) is 6.20 Å². The molecular formula is C21H27N5OS. The van der Waals surface area contributed by atoms with E-state index in [0.29, 0.717) is 11.6 Å². The summed E-state index contributed by atoms with van der Waals surface area (Å²) in [5.41, 5.74) is 2.41. The van der Waals surface area contributed by atoms with E-state index in [2.05, 4.69) is 27.2 Å². The van der Waals surface area contributed by atoms with Crippen LogP contribution in [-0.2, 0) is 0 Å². The summed E-state index contributed by atoms with van der Waals surface area (Å²) in [6.07, 6.45) is 6.60. The Morgan fingerprint density at radius 2 is 2.04 bits per heavy atom. The predicted molar refractivity (Wildman–Crippen MR) is 115 cm³/mol. The Labute approximate surface area is 170 Å². The normalized spacial score (nSPS) is 14.5. The number of hydrogen-bond acceptors (Lipinski definition) is 6. The number of rotatable bonds is 5. The number of likely N-dealkylation sites (tertiary alicyclic amines) is 1. The van der Waals surface area contributed by atoms with Crippen molar-refractivity contribution in [2.45, 2.75) is 46.1 Å². The second kappa shape index (κ2) is 9.59. The number of pyridine rings is 1. The minimum Gasteiger partial charge on any atom is -0.347 e. The van der Waals surface area contributed by atoms with Crippen LogP contribution in [0.4, 0.5) is 5.95 Å². The molecule has 1 aliphatic rings. The van der Waals surface area contributed by atoms with E-state index in [1.807, 2.05) is 48.5 Å². The number of nitrogens with one attached hydrogen (secondary N) is 1. The minimum atomic E-state index is 0.00910. The van der Waals surface area contributed by atoms with Crippen molar-refractivity contribution in [1.82, 2.24) is 19.9 Å². The van der Waals surface area contributed by atoms with E-state index < -0.39 is 0 Å². The molecule has 1 saturated heterocycles. The summed E-state index contributed by atoms with van der Waals surface area (Å²) in [6.45, 7) is 7.72. The van der Waals surface area contributed by atoms with Gasteiger partial charge in [0.2, 0.25) is 5.95 Å². The van der Waals surface area contributed by atoms with Gasteiger partial charge in [0.25, 0.3) is 5.91 Å². The first-order valence-electron chi connectivity index (χ1n) is 9.97. The highest BCUT2D eigenvalue weighted by molar-refractivity contribution is 7.17. The van der Waals surface area contributed by atoms with Gasteiger partial charge in [-0.1, -0.05) is 26.8 Å². The fraction of sp³-hybridized carbons (Fsp3) is 0.429. The highest BCUT2D eigenvalue weighted by Gasteiger charge is 2.24. The van der Waals surface area contributed by atoms with Gasteiger partial charge in [0.05, 0.1) is 16.3 Å². The SMILES string of the molecule is CC.CCC(Nc1nc(C(=O)N2CCCC2)c2sccc2n1)c1cccnc1. The molecule has 1 aliphatic heterocycles. The topological polar surface area (TPSA) is 71.0 Å². The Hall–Kier alpha value is -2.54. The maximum atomic E-state index is 12.9. The average molecular weight is 398 g/mol. The fourth-order valence-electron chi connectivity index (χ4n) is 3.30. The lowest BCUT2D eigenvalue weighted by Crippen LogP contribution is -2.29. The maximum Gasteiger partial charge on any atom is 0.274 e. The summed E-state index contributed by atoms with van der Waals surface area (Å²) in [5, 5.41) is 5.35. The van der Waals surface area contributed by atoms with Crippen LogP contribution >= 0.6 is 11.3 Å². The van der Waals surface area contributed by atoms with Gasteiger partial charge in [0.1, 0.15) is 0 Å². The Balaban J connectivity index is 0.00000109. The van der Waals surface area contributed by atoms with Gasteiger partial charge in [0.15, 0.2) is 5.69 Å². The zero-order valence-corrected chi connectivity index (χ0v) is 17.5. The van der Waals surface area contributed by atoms with Crippen LogP contribution < -0.4 is 5.32 Å². The third-order valence-corrected chi connectivity index (χ3v) is 5.61. The number of aromatic nitrogens is 3. The standard InChI is InChI=1S/C19H21N5OS.C2H6/c1-2-14(13-6-5-8-20-12-13)21-19-22-15-7-11-26-17(15)16(23-19)18(25)24-9-3-4-10-24;1-2/h5-8,11-12,14H,2-4,9-10H2,1H3,(H,21,22,23);1-2H3. The Kier molecular flexibility index (Phi) is 6.92. The van der Waals surface area contributed by atoms with Gasteiger partial charge >= 0.3 is 0 Å². The van der Waals surface area contributed by atoms with E-state index in [4.69, 9.17) is 0 Å². The summed E-state index contributed by atoms with van der Waals surface area (Å²) < 4.78 is 0.863. The van der Waals surface area contributed by atoms with Gasteiger partial charge in [0, 0.05) is 25.5 Å². The molecule has 28 heavy (non-hydrogen) atoms. The molecule has 3 aromatic rings. The van der Waals surface area contributed by atoms with Crippen molar-refractivity contribution in [3.63, 3.8) is 0 Å². The number of fused-ring (bicyclic) bond motifs is 1. The van der Waals surface area contributed by atoms with E-state index in [9.17, 15) is 4.79 Å². The summed E-state index contributed by atoms with van der Waals surface area (Å²) in [6, 6.07) is 5.95. The predicted octanol–water partition coefficient (Wildman–Crippen LogP) is 4.91. The lowest BCUT2D eigenvalue weighted by atomic mass is 10.1. The van der Waals surface area contributed by atoms with Crippen molar-refractivity contribution >= 4 is 33.4 Å². The molecule has 0 spiro atoms. The third kappa shape index (κ3) is 4.30. The van der Waals surface area contributed by atoms with Gasteiger partial charge in [-0.05, 0) is 42.3 Å². The molecule has 1 amide bonds. The quantitative estimate of drug-likeness (QED) is 0.662. The van der Waals surface area contributed by atoms with E-state index in [0.717, 1.165) is 48.1 Å². The lowest BCUT2D eigenvalue weighted by molar-refractivity contribution is 0.0789. The van der Waals surface area contributed by atoms with Gasteiger partial charge in [-0.15, -0.1) is 11.3 Å². The van der Waals surface area contributed by atoms with Crippen molar-refractivity contribution in [3.8, 4) is 0 Å². The maximum absolute atomic E-state index is 12.9.